The predicted octanol–water partition coefficient (Wildman–Crippen LogP) is 3.56. The van der Waals surface area contributed by atoms with Crippen LogP contribution in [-0.4, -0.2) is 17.6 Å². The molecule has 1 aliphatic carbocycles. The highest BCUT2D eigenvalue weighted by molar-refractivity contribution is 6.30. The van der Waals surface area contributed by atoms with Gasteiger partial charge < -0.3 is 10.1 Å². The van der Waals surface area contributed by atoms with Crippen LogP contribution >= 0.6 is 11.6 Å². The van der Waals surface area contributed by atoms with Crippen LogP contribution < -0.4 is 10.1 Å². The number of nitrogens with one attached hydrogen (secondary N) is 1. The molecular weight excluding hydrogens is 262 g/mol. The summed E-state index contributed by atoms with van der Waals surface area (Å²) >= 11 is 5.82. The lowest BCUT2D eigenvalue weighted by Gasteiger charge is -2.27. The summed E-state index contributed by atoms with van der Waals surface area (Å²) in [4.78, 5) is 12.2. The number of benzene rings is 1. The van der Waals surface area contributed by atoms with E-state index in [1.165, 1.54) is 12.8 Å². The van der Waals surface area contributed by atoms with Gasteiger partial charge in [-0.15, -0.1) is 0 Å². The highest BCUT2D eigenvalue weighted by Crippen LogP contribution is 2.23. The van der Waals surface area contributed by atoms with Gasteiger partial charge >= 0.3 is 0 Å². The van der Waals surface area contributed by atoms with Crippen LogP contribution in [0.4, 0.5) is 0 Å². The van der Waals surface area contributed by atoms with E-state index in [9.17, 15) is 4.79 Å². The minimum Gasteiger partial charge on any atom is -0.478 e. The highest BCUT2D eigenvalue weighted by atomic mass is 35.5. The maximum atomic E-state index is 12.2. The van der Waals surface area contributed by atoms with Gasteiger partial charge in [-0.25, -0.2) is 0 Å². The number of ether oxygens (including phenoxy) is 1. The van der Waals surface area contributed by atoms with Gasteiger partial charge in [0.1, 0.15) is 5.75 Å². The first-order valence-electron chi connectivity index (χ1n) is 6.73. The van der Waals surface area contributed by atoms with E-state index in [4.69, 9.17) is 16.3 Å². The quantitative estimate of drug-likeness (QED) is 0.916. The molecule has 0 saturated heterocycles. The maximum absolute atomic E-state index is 12.2. The van der Waals surface area contributed by atoms with E-state index in [2.05, 4.69) is 5.32 Å². The van der Waals surface area contributed by atoms with Crippen molar-refractivity contribution in [3.05, 3.63) is 29.3 Å². The van der Waals surface area contributed by atoms with Gasteiger partial charge in [0.2, 0.25) is 0 Å². The number of hydrogen-bond donors (Lipinski definition) is 1. The monoisotopic (exact) mass is 281 g/mol. The third-order valence-corrected chi connectivity index (χ3v) is 3.68. The smallest absolute Gasteiger partial charge is 0.263 e. The van der Waals surface area contributed by atoms with Crippen LogP contribution in [0.3, 0.4) is 0 Å². The van der Waals surface area contributed by atoms with Gasteiger partial charge in [0, 0.05) is 11.1 Å². The second kappa shape index (κ2) is 5.83. The Morgan fingerprint density at radius 2 is 1.84 bits per heavy atom. The van der Waals surface area contributed by atoms with Crippen LogP contribution in [0.15, 0.2) is 24.3 Å². The molecule has 0 aliphatic heterocycles. The zero-order valence-electron chi connectivity index (χ0n) is 11.4. The summed E-state index contributed by atoms with van der Waals surface area (Å²) in [6.45, 7) is 3.57. The lowest BCUT2D eigenvalue weighted by molar-refractivity contribution is -0.134. The second-order valence-corrected chi connectivity index (χ2v) is 5.96. The summed E-state index contributed by atoms with van der Waals surface area (Å²) in [5, 5.41) is 3.71. The fourth-order valence-electron chi connectivity index (χ4n) is 2.27. The summed E-state index contributed by atoms with van der Waals surface area (Å²) < 4.78 is 5.76. The molecular formula is C15H20ClNO2. The minimum absolute atomic E-state index is 0.0608. The van der Waals surface area contributed by atoms with Gasteiger partial charge in [0.15, 0.2) is 5.60 Å². The van der Waals surface area contributed by atoms with Crippen molar-refractivity contribution in [1.29, 1.82) is 0 Å². The van der Waals surface area contributed by atoms with Gasteiger partial charge in [-0.2, -0.15) is 0 Å². The fraction of sp³-hybridized carbons (Fsp3) is 0.533. The first kappa shape index (κ1) is 14.2. The molecule has 19 heavy (non-hydrogen) atoms. The largest absolute Gasteiger partial charge is 0.478 e. The SMILES string of the molecule is CC(C)(Oc1ccc(Cl)cc1)C(=O)NC1CCCC1. The number of carbonyl (C=O) groups is 1. The third kappa shape index (κ3) is 3.87. The molecule has 104 valence electrons. The van der Waals surface area contributed by atoms with E-state index in [-0.39, 0.29) is 5.91 Å². The van der Waals surface area contributed by atoms with E-state index < -0.39 is 5.60 Å². The Labute approximate surface area is 119 Å². The van der Waals surface area contributed by atoms with Crippen molar-refractivity contribution in [2.75, 3.05) is 0 Å². The summed E-state index contributed by atoms with van der Waals surface area (Å²) in [5.41, 5.74) is -0.879. The van der Waals surface area contributed by atoms with Crippen LogP contribution in [0.5, 0.6) is 5.75 Å². The number of rotatable bonds is 4. The van der Waals surface area contributed by atoms with Crippen molar-refractivity contribution in [2.45, 2.75) is 51.2 Å². The van der Waals surface area contributed by atoms with Crippen LogP contribution in [-0.2, 0) is 4.79 Å². The molecule has 4 heteroatoms. The molecule has 0 heterocycles. The standard InChI is InChI=1S/C15H20ClNO2/c1-15(2,14(18)17-12-5-3-4-6-12)19-13-9-7-11(16)8-10-13/h7-10,12H,3-6H2,1-2H3,(H,17,18). The number of hydrogen-bond acceptors (Lipinski definition) is 2. The van der Waals surface area contributed by atoms with Gasteiger partial charge in [0.25, 0.3) is 5.91 Å². The summed E-state index contributed by atoms with van der Waals surface area (Å²) in [7, 11) is 0. The van der Waals surface area contributed by atoms with E-state index >= 15 is 0 Å². The molecule has 0 unspecified atom stereocenters. The van der Waals surface area contributed by atoms with Crippen LogP contribution in [0.1, 0.15) is 39.5 Å². The third-order valence-electron chi connectivity index (χ3n) is 3.42. The Hall–Kier alpha value is -1.22. The molecule has 1 fully saturated rings. The molecule has 2 rings (SSSR count). The first-order valence-corrected chi connectivity index (χ1v) is 7.11. The molecule has 0 spiro atoms. The molecule has 0 bridgehead atoms. The van der Waals surface area contributed by atoms with Crippen LogP contribution in [0.25, 0.3) is 0 Å². The van der Waals surface area contributed by atoms with E-state index in [1.807, 2.05) is 0 Å². The van der Waals surface area contributed by atoms with Crippen LogP contribution in [0, 0.1) is 0 Å². The van der Waals surface area contributed by atoms with Crippen molar-refractivity contribution >= 4 is 17.5 Å². The number of halogens is 1. The molecule has 1 aromatic carbocycles. The Morgan fingerprint density at radius 3 is 2.42 bits per heavy atom. The van der Waals surface area contributed by atoms with Gasteiger partial charge in [0.05, 0.1) is 0 Å². The molecule has 0 aromatic heterocycles. The summed E-state index contributed by atoms with van der Waals surface area (Å²) in [6, 6.07) is 7.35. The van der Waals surface area contributed by atoms with E-state index in [0.29, 0.717) is 16.8 Å². The maximum Gasteiger partial charge on any atom is 0.263 e. The molecule has 1 N–H and O–H groups in total. The van der Waals surface area contributed by atoms with Gasteiger partial charge in [-0.05, 0) is 51.0 Å². The second-order valence-electron chi connectivity index (χ2n) is 5.52. The summed E-state index contributed by atoms with van der Waals surface area (Å²) in [6.07, 6.45) is 4.54. The average Bonchev–Trinajstić information content (AvgIpc) is 2.84. The Bertz CT molecular complexity index is 436. The van der Waals surface area contributed by atoms with Crippen molar-refractivity contribution in [2.24, 2.45) is 0 Å². The predicted molar refractivity (Wildman–Crippen MR) is 76.6 cm³/mol. The Morgan fingerprint density at radius 1 is 1.26 bits per heavy atom. The molecule has 1 aromatic rings. The Kier molecular flexibility index (Phi) is 4.35. The molecule has 1 saturated carbocycles. The zero-order chi connectivity index (χ0) is 13.9. The molecule has 1 amide bonds. The fourth-order valence-corrected chi connectivity index (χ4v) is 2.40. The van der Waals surface area contributed by atoms with Crippen molar-refractivity contribution in [3.63, 3.8) is 0 Å². The van der Waals surface area contributed by atoms with Gasteiger partial charge in [-0.3, -0.25) is 4.79 Å². The van der Waals surface area contributed by atoms with Crippen LogP contribution in [0.2, 0.25) is 5.02 Å². The molecule has 1 aliphatic rings. The average molecular weight is 282 g/mol. The minimum atomic E-state index is -0.879. The highest BCUT2D eigenvalue weighted by Gasteiger charge is 2.32. The first-order chi connectivity index (χ1) is 8.97. The number of amides is 1. The van der Waals surface area contributed by atoms with Crippen molar-refractivity contribution in [1.82, 2.24) is 5.32 Å². The van der Waals surface area contributed by atoms with E-state index in [0.717, 1.165) is 12.8 Å². The van der Waals surface area contributed by atoms with E-state index in [1.54, 1.807) is 38.1 Å². The summed E-state index contributed by atoms with van der Waals surface area (Å²) in [5.74, 6) is 0.588. The molecule has 0 radical (unpaired) electrons. The van der Waals surface area contributed by atoms with Crippen molar-refractivity contribution in [3.8, 4) is 5.75 Å². The molecule has 0 atom stereocenters. The molecule has 3 nitrogen and oxygen atoms in total. The van der Waals surface area contributed by atoms with Gasteiger partial charge in [-0.1, -0.05) is 24.4 Å². The normalized spacial score (nSPS) is 16.4. The topological polar surface area (TPSA) is 38.3 Å². The lowest BCUT2D eigenvalue weighted by atomic mass is 10.1. The lowest BCUT2D eigenvalue weighted by Crippen LogP contribution is -2.49. The Balaban J connectivity index is 1.96. The number of carbonyl (C=O) groups excluding carboxylic acids is 1. The zero-order valence-corrected chi connectivity index (χ0v) is 12.2. The van der Waals surface area contributed by atoms with Crippen molar-refractivity contribution < 1.29 is 9.53 Å².